The smallest absolute Gasteiger partial charge is 0.184 e. The average molecular weight is 1910 g/mol. The van der Waals surface area contributed by atoms with E-state index < -0.39 is 0 Å². The van der Waals surface area contributed by atoms with Crippen molar-refractivity contribution in [3.8, 4) is 51.7 Å². The molecule has 0 bridgehead atoms. The van der Waals surface area contributed by atoms with Gasteiger partial charge in [0.1, 0.15) is 51.7 Å². The molecule has 0 amide bonds. The van der Waals surface area contributed by atoms with Gasteiger partial charge in [-0.05, 0) is 279 Å². The Kier molecular flexibility index (Phi) is 30.8. The summed E-state index contributed by atoms with van der Waals surface area (Å²) in [4.78, 5) is 68.4. The van der Waals surface area contributed by atoms with Crippen LogP contribution in [-0.4, -0.2) is 91.9 Å². The van der Waals surface area contributed by atoms with Gasteiger partial charge < -0.3 is 84.4 Å². The number of hydrogen-bond donors (Lipinski definition) is 16. The summed E-state index contributed by atoms with van der Waals surface area (Å²) in [6, 6.07) is 61.8. The van der Waals surface area contributed by atoms with Crippen molar-refractivity contribution in [3.63, 3.8) is 0 Å². The van der Waals surface area contributed by atoms with E-state index in [4.69, 9.17) is 107 Å². The molecule has 24 nitrogen and oxygen atoms in total. The second kappa shape index (κ2) is 43.0. The molecular formula is C104H85Cl6N11O13. The van der Waals surface area contributed by atoms with Crippen molar-refractivity contribution in [1.82, 2.24) is 0 Å². The summed E-state index contributed by atoms with van der Waals surface area (Å²) in [5.41, 5.74) is 37.3. The van der Waals surface area contributed by atoms with Crippen molar-refractivity contribution < 1.29 is 65.1 Å². The second-order valence-corrected chi connectivity index (χ2v) is 33.4. The van der Waals surface area contributed by atoms with E-state index in [1.807, 2.05) is 62.4 Å². The monoisotopic (exact) mass is 1910 g/mol. The SMILES string of the molecule is CC1=C(Cc2ccc(N)cc2)C(=O)C=C(Nc2ccc(N)cc2)C1=Nc1ccc(N)cc1.CC1=C(Cc2ccc(O)c(Cl)c2)C(=O)C=C(Nc2ccc(O)c(Cl)c2)C1=Nc1ccc(O)c(Cl)c1.Cc1c(Cc2ccc(O)cc2)c(O)cc(Nc2ccc(O)cc2)c1N=C1C=CC(=O)C=C1.Cc1c(Cc2ccc(O)cc2Cl)c(O)cc(Nc2ccc(O)cc2Cl)c1N=C1C=CC(=O)C=C1Cl. The molecule has 0 atom stereocenters. The summed E-state index contributed by atoms with van der Waals surface area (Å²) in [5, 5.41) is 104. The summed E-state index contributed by atoms with van der Waals surface area (Å²) >= 11 is 37.0. The van der Waals surface area contributed by atoms with Crippen molar-refractivity contribution in [3.05, 3.63) is 387 Å². The number of hydrogen-bond acceptors (Lipinski definition) is 24. The quantitative estimate of drug-likeness (QED) is 0.0191. The minimum atomic E-state index is -0.242. The Hall–Kier alpha value is -15.5. The third kappa shape index (κ3) is 24.7. The number of allylic oxidation sites excluding steroid dienone is 14. The summed E-state index contributed by atoms with van der Waals surface area (Å²) < 4.78 is 0. The van der Waals surface area contributed by atoms with Gasteiger partial charge in [0.15, 0.2) is 23.1 Å². The van der Waals surface area contributed by atoms with Crippen LogP contribution in [0.15, 0.2) is 338 Å². The van der Waals surface area contributed by atoms with Gasteiger partial charge in [-0.1, -0.05) is 106 Å². The molecule has 0 heterocycles. The molecule has 16 rings (SSSR count). The lowest BCUT2D eigenvalue weighted by molar-refractivity contribution is -0.112. The Labute approximate surface area is 800 Å². The maximum Gasteiger partial charge on any atom is 0.184 e. The summed E-state index contributed by atoms with van der Waals surface area (Å²) in [6.07, 6.45) is 14.9. The molecule has 134 heavy (non-hydrogen) atoms. The Morgan fingerprint density at radius 3 is 1.31 bits per heavy atom. The fourth-order valence-corrected chi connectivity index (χ4v) is 15.4. The number of halogens is 6. The summed E-state index contributed by atoms with van der Waals surface area (Å²) in [5.74, 6) is -0.292. The number of phenols is 9. The van der Waals surface area contributed by atoms with Crippen molar-refractivity contribution in [1.29, 1.82) is 0 Å². The Balaban J connectivity index is 0.000000152. The van der Waals surface area contributed by atoms with Gasteiger partial charge in [0, 0.05) is 124 Å². The Bertz CT molecular complexity index is 7050. The number of rotatable bonds is 20. The number of aromatic hydroxyl groups is 9. The number of aliphatic imine (C=N–C) groups is 4. The first-order chi connectivity index (χ1) is 64.0. The van der Waals surface area contributed by atoms with Crippen LogP contribution in [0, 0.1) is 13.8 Å². The molecule has 676 valence electrons. The maximum atomic E-state index is 13.1. The number of anilines is 9. The molecule has 19 N–H and O–H groups in total. The van der Waals surface area contributed by atoms with Crippen LogP contribution >= 0.6 is 69.6 Å². The number of ketones is 4. The van der Waals surface area contributed by atoms with Gasteiger partial charge in [-0.3, -0.25) is 19.2 Å². The molecule has 30 heteroatoms. The molecule has 12 aromatic rings. The van der Waals surface area contributed by atoms with Gasteiger partial charge >= 0.3 is 0 Å². The molecule has 0 fully saturated rings. The minimum absolute atomic E-state index is 0.00935. The number of nitrogen functional groups attached to an aromatic ring is 3. The van der Waals surface area contributed by atoms with Crippen LogP contribution in [0.25, 0.3) is 0 Å². The van der Waals surface area contributed by atoms with E-state index in [0.29, 0.717) is 148 Å². The van der Waals surface area contributed by atoms with E-state index in [1.165, 1.54) is 97.1 Å². The molecule has 0 aliphatic heterocycles. The first-order valence-electron chi connectivity index (χ1n) is 41.1. The zero-order valence-electron chi connectivity index (χ0n) is 71.8. The van der Waals surface area contributed by atoms with E-state index >= 15 is 0 Å². The summed E-state index contributed by atoms with van der Waals surface area (Å²) in [7, 11) is 0. The number of nitrogens with zero attached hydrogens (tertiary/aromatic N) is 4. The third-order valence-corrected chi connectivity index (χ3v) is 23.2. The largest absolute Gasteiger partial charge is 0.508 e. The number of phenolic OH excluding ortho intramolecular Hbond substituents is 9. The number of nitrogens with one attached hydrogen (secondary N) is 4. The van der Waals surface area contributed by atoms with E-state index in [9.17, 15) is 65.1 Å². The molecule has 0 radical (unpaired) electrons. The van der Waals surface area contributed by atoms with Crippen LogP contribution in [0.3, 0.4) is 0 Å². The first kappa shape index (κ1) is 96.0. The zero-order chi connectivity index (χ0) is 95.9. The number of carbonyl (C=O) groups is 4. The van der Waals surface area contributed by atoms with Crippen molar-refractivity contribution in [2.45, 2.75) is 53.4 Å². The highest BCUT2D eigenvalue weighted by molar-refractivity contribution is 6.48. The molecular weight excluding hydrogens is 1820 g/mol. The molecule has 0 saturated carbocycles. The van der Waals surface area contributed by atoms with Crippen LogP contribution < -0.4 is 38.5 Å². The van der Waals surface area contributed by atoms with Crippen LogP contribution in [-0.2, 0) is 44.9 Å². The average Bonchev–Trinajstić information content (AvgIpc) is 0.789. The van der Waals surface area contributed by atoms with Gasteiger partial charge in [-0.15, -0.1) is 0 Å². The Morgan fingerprint density at radius 2 is 0.746 bits per heavy atom. The number of carbonyl (C=O) groups excluding carboxylic acids is 4. The molecule has 0 unspecified atom stereocenters. The fraction of sp³-hybridized carbons (Fsp3) is 0.0769. The molecule has 12 aromatic carbocycles. The van der Waals surface area contributed by atoms with Crippen molar-refractivity contribution >= 4 is 190 Å². The van der Waals surface area contributed by atoms with E-state index in [-0.39, 0.29) is 113 Å². The molecule has 4 aliphatic carbocycles. The predicted molar refractivity (Wildman–Crippen MR) is 538 cm³/mol. The lowest BCUT2D eigenvalue weighted by Gasteiger charge is -2.22. The van der Waals surface area contributed by atoms with Gasteiger partial charge in [0.2, 0.25) is 0 Å². The highest BCUT2D eigenvalue weighted by Crippen LogP contribution is 2.46. The summed E-state index contributed by atoms with van der Waals surface area (Å²) in [6.45, 7) is 7.40. The Morgan fingerprint density at radius 1 is 0.321 bits per heavy atom. The van der Waals surface area contributed by atoms with Gasteiger partial charge in [0.25, 0.3) is 0 Å². The number of benzene rings is 12. The molecule has 0 spiro atoms. The van der Waals surface area contributed by atoms with E-state index in [0.717, 1.165) is 44.9 Å². The number of nitrogens with two attached hydrogens (primary N) is 3. The minimum Gasteiger partial charge on any atom is -0.508 e. The van der Waals surface area contributed by atoms with Crippen LogP contribution in [0.1, 0.15) is 58.4 Å². The maximum absolute atomic E-state index is 13.1. The lowest BCUT2D eigenvalue weighted by Crippen LogP contribution is -2.23. The van der Waals surface area contributed by atoms with Crippen molar-refractivity contribution in [2.75, 3.05) is 38.5 Å². The molecule has 0 aromatic heterocycles. The van der Waals surface area contributed by atoms with Crippen LogP contribution in [0.2, 0.25) is 25.1 Å². The second-order valence-electron chi connectivity index (χ2n) is 31.0. The normalized spacial score (nSPS) is 14.3. The molecule has 0 saturated heterocycles. The zero-order valence-corrected chi connectivity index (χ0v) is 76.4. The van der Waals surface area contributed by atoms with Gasteiger partial charge in [0.05, 0.1) is 99.2 Å². The predicted octanol–water partition coefficient (Wildman–Crippen LogP) is 23.9. The highest BCUT2D eigenvalue weighted by atomic mass is 35.5. The van der Waals surface area contributed by atoms with Crippen LogP contribution in [0.4, 0.5) is 73.9 Å². The van der Waals surface area contributed by atoms with Crippen molar-refractivity contribution in [2.24, 2.45) is 20.0 Å². The fourth-order valence-electron chi connectivity index (χ4n) is 14.2. The van der Waals surface area contributed by atoms with E-state index in [2.05, 4.69) is 21.3 Å². The van der Waals surface area contributed by atoms with Gasteiger partial charge in [-0.2, -0.15) is 0 Å². The topological polar surface area (TPSA) is 426 Å². The third-order valence-electron chi connectivity index (χ3n) is 21.4. The highest BCUT2D eigenvalue weighted by Gasteiger charge is 2.29. The standard InChI is InChI=1S/2C26H19Cl3N2O4.C26H25N5O.C26H22N2O4/c1-13-17(8-14-2-5-22(32)18(27)9-14)25(35)12-21(30-15-3-6-23(33)19(28)10-15)26(13)31-16-4-7-24(34)20(29)11-16;1-13-18(8-14-2-3-15(32)9-19(14)27)25(35)12-24(30-22-6-4-16(33)10-20(22)28)26(13)31-23-7-5-17(34)11-21(23)29;1-16-23(14-17-2-4-18(27)5-3-17)25(32)15-24(30-21-10-6-19(28)7-11-21)26(16)31-22-12-8-20(29)9-13-22;1-16-23(14-17-2-8-20(29)9-3-17)25(32)15-24(27-18-4-10-21(30)11-5-18)26(16)28-19-6-12-22(31)13-7-19/h2-7,9-12,30,32-34H,8H2,1H3;2-7,9-12,30,32-33,35H,8H2,1H3;2-13,15,30H,14,27-29H2,1H3;2-13,15,27,29-30,32H,14H2,1H3. The van der Waals surface area contributed by atoms with Gasteiger partial charge in [-0.25, -0.2) is 20.0 Å². The molecule has 4 aliphatic rings. The lowest BCUT2D eigenvalue weighted by atomic mass is 9.88. The first-order valence-corrected chi connectivity index (χ1v) is 43.4. The van der Waals surface area contributed by atoms with Crippen LogP contribution in [0.5, 0.6) is 51.7 Å². The van der Waals surface area contributed by atoms with E-state index in [1.54, 1.807) is 147 Å².